The zero-order chi connectivity index (χ0) is 15.6. The van der Waals surface area contributed by atoms with Crippen LogP contribution in [0.2, 0.25) is 0 Å². The van der Waals surface area contributed by atoms with Crippen molar-refractivity contribution < 1.29 is 22.7 Å². The van der Waals surface area contributed by atoms with Gasteiger partial charge in [-0.05, 0) is 39.0 Å². The van der Waals surface area contributed by atoms with Crippen LogP contribution in [0.1, 0.15) is 40.0 Å². The average molecular weight is 305 g/mol. The Balaban J connectivity index is 2.70. The zero-order valence-electron chi connectivity index (χ0n) is 12.4. The lowest BCUT2D eigenvalue weighted by Gasteiger charge is -2.19. The van der Waals surface area contributed by atoms with Gasteiger partial charge in [0, 0.05) is 6.04 Å². The van der Waals surface area contributed by atoms with Gasteiger partial charge in [0.15, 0.2) is 9.84 Å². The zero-order valence-corrected chi connectivity index (χ0v) is 13.2. The molecule has 0 aromatic heterocycles. The summed E-state index contributed by atoms with van der Waals surface area (Å²) in [7, 11) is -2.29. The minimum absolute atomic E-state index is 0.0985. The molecule has 0 saturated heterocycles. The number of esters is 1. The number of carbonyl (C=O) groups is 2. The molecular formula is C13H23NO5S. The van der Waals surface area contributed by atoms with Crippen LogP contribution in [0.25, 0.3) is 0 Å². The van der Waals surface area contributed by atoms with Crippen LogP contribution in [0.3, 0.4) is 0 Å². The largest absolute Gasteiger partial charge is 0.469 e. The smallest absolute Gasteiger partial charge is 0.306 e. The molecule has 7 heteroatoms. The van der Waals surface area contributed by atoms with E-state index in [4.69, 9.17) is 0 Å². The number of carbonyl (C=O) groups excluding carboxylic acids is 2. The molecule has 20 heavy (non-hydrogen) atoms. The fourth-order valence-electron chi connectivity index (χ4n) is 2.04. The highest BCUT2D eigenvalue weighted by molar-refractivity contribution is 7.92. The molecule has 0 aromatic carbocycles. The van der Waals surface area contributed by atoms with Gasteiger partial charge in [0.2, 0.25) is 5.91 Å². The van der Waals surface area contributed by atoms with E-state index in [9.17, 15) is 18.0 Å². The normalized spacial score (nSPS) is 18.4. The maximum absolute atomic E-state index is 12.3. The van der Waals surface area contributed by atoms with Gasteiger partial charge in [-0.3, -0.25) is 9.59 Å². The molecule has 1 unspecified atom stereocenters. The first kappa shape index (κ1) is 16.9. The molecule has 1 aliphatic rings. The van der Waals surface area contributed by atoms with Gasteiger partial charge in [-0.15, -0.1) is 0 Å². The number of ether oxygens (including phenoxy) is 1. The van der Waals surface area contributed by atoms with Crippen molar-refractivity contribution in [1.29, 1.82) is 0 Å². The second-order valence-corrected chi connectivity index (χ2v) is 8.19. The Bertz CT molecular complexity index is 479. The number of hydrogen-bond acceptors (Lipinski definition) is 5. The van der Waals surface area contributed by atoms with E-state index in [0.29, 0.717) is 12.8 Å². The molecule has 1 saturated carbocycles. The van der Waals surface area contributed by atoms with Crippen molar-refractivity contribution in [3.8, 4) is 0 Å². The maximum atomic E-state index is 12.3. The molecule has 0 aromatic rings. The quantitative estimate of drug-likeness (QED) is 0.698. The molecule has 0 bridgehead atoms. The summed E-state index contributed by atoms with van der Waals surface area (Å²) in [5.74, 6) is -1.03. The molecule has 1 N–H and O–H groups in total. The summed E-state index contributed by atoms with van der Waals surface area (Å²) in [4.78, 5) is 23.1. The Hall–Kier alpha value is -1.11. The minimum Gasteiger partial charge on any atom is -0.469 e. The molecule has 1 atom stereocenters. The lowest BCUT2D eigenvalue weighted by Crippen LogP contribution is -2.43. The Kier molecular flexibility index (Phi) is 5.18. The summed E-state index contributed by atoms with van der Waals surface area (Å²) in [5.41, 5.74) is -0.529. The molecule has 116 valence electrons. The third kappa shape index (κ3) is 4.47. The molecule has 0 spiro atoms. The second-order valence-electron chi connectivity index (χ2n) is 5.87. The van der Waals surface area contributed by atoms with Crippen molar-refractivity contribution in [2.24, 2.45) is 5.41 Å². The van der Waals surface area contributed by atoms with Gasteiger partial charge in [-0.1, -0.05) is 0 Å². The first-order chi connectivity index (χ1) is 9.12. The van der Waals surface area contributed by atoms with Gasteiger partial charge in [-0.2, -0.15) is 0 Å². The minimum atomic E-state index is -3.57. The second kappa shape index (κ2) is 6.11. The summed E-state index contributed by atoms with van der Waals surface area (Å²) >= 11 is 0. The molecule has 0 radical (unpaired) electrons. The topological polar surface area (TPSA) is 89.5 Å². The van der Waals surface area contributed by atoms with E-state index in [-0.39, 0.29) is 18.2 Å². The van der Waals surface area contributed by atoms with Crippen molar-refractivity contribution in [3.63, 3.8) is 0 Å². The molecule has 0 heterocycles. The van der Waals surface area contributed by atoms with Crippen molar-refractivity contribution in [1.82, 2.24) is 5.32 Å². The number of methoxy groups -OCH3 is 1. The van der Waals surface area contributed by atoms with E-state index in [1.54, 1.807) is 13.8 Å². The van der Waals surface area contributed by atoms with Gasteiger partial charge in [0.05, 0.1) is 19.3 Å². The van der Waals surface area contributed by atoms with Gasteiger partial charge < -0.3 is 10.1 Å². The fraction of sp³-hybridized carbons (Fsp3) is 0.846. The fourth-order valence-corrected chi connectivity index (χ4v) is 3.93. The molecule has 1 amide bonds. The number of rotatable bonds is 7. The van der Waals surface area contributed by atoms with E-state index in [2.05, 4.69) is 10.1 Å². The molecule has 1 aliphatic carbocycles. The lowest BCUT2D eigenvalue weighted by atomic mass is 10.1. The highest BCUT2D eigenvalue weighted by Gasteiger charge is 2.49. The van der Waals surface area contributed by atoms with Crippen molar-refractivity contribution >= 4 is 21.7 Å². The van der Waals surface area contributed by atoms with E-state index in [1.165, 1.54) is 14.0 Å². The first-order valence-electron chi connectivity index (χ1n) is 6.71. The van der Waals surface area contributed by atoms with E-state index in [0.717, 1.165) is 0 Å². The van der Waals surface area contributed by atoms with Crippen LogP contribution < -0.4 is 5.32 Å². The maximum Gasteiger partial charge on any atom is 0.306 e. The number of hydrogen-bond donors (Lipinski definition) is 1. The Morgan fingerprint density at radius 3 is 2.20 bits per heavy atom. The van der Waals surface area contributed by atoms with E-state index in [1.807, 2.05) is 0 Å². The number of sulfone groups is 1. The summed E-state index contributed by atoms with van der Waals surface area (Å²) in [5, 5.41) is 1.50. The molecule has 6 nitrogen and oxygen atoms in total. The standard InChI is InChI=1S/C13H23NO5S/c1-9(2)14-12(16)10(3)20(17,18)8-13(5-6-13)7-11(15)19-4/h9-10H,5-8H2,1-4H3,(H,14,16). The predicted octanol–water partition coefficient (Wildman–Crippen LogP) is 0.658. The first-order valence-corrected chi connectivity index (χ1v) is 8.42. The lowest BCUT2D eigenvalue weighted by molar-refractivity contribution is -0.141. The number of amides is 1. The Morgan fingerprint density at radius 2 is 1.80 bits per heavy atom. The van der Waals surface area contributed by atoms with Crippen LogP contribution in [0.5, 0.6) is 0 Å². The van der Waals surface area contributed by atoms with Gasteiger partial charge in [0.1, 0.15) is 5.25 Å². The Morgan fingerprint density at radius 1 is 1.25 bits per heavy atom. The summed E-state index contributed by atoms with van der Waals surface area (Å²) in [6, 6.07) is -0.106. The number of nitrogens with one attached hydrogen (secondary N) is 1. The van der Waals surface area contributed by atoms with E-state index < -0.39 is 32.4 Å². The summed E-state index contributed by atoms with van der Waals surface area (Å²) in [6.45, 7) is 4.94. The highest BCUT2D eigenvalue weighted by atomic mass is 32.2. The third-order valence-corrected chi connectivity index (χ3v) is 5.86. The van der Waals surface area contributed by atoms with E-state index >= 15 is 0 Å². The van der Waals surface area contributed by atoms with Crippen LogP contribution in [-0.4, -0.2) is 44.4 Å². The SMILES string of the molecule is COC(=O)CC1(CS(=O)(=O)C(C)C(=O)NC(C)C)CC1. The molecule has 1 fully saturated rings. The van der Waals surface area contributed by atoms with Crippen LogP contribution in [0.4, 0.5) is 0 Å². The van der Waals surface area contributed by atoms with Gasteiger partial charge >= 0.3 is 5.97 Å². The summed E-state index contributed by atoms with van der Waals surface area (Å²) < 4.78 is 29.1. The van der Waals surface area contributed by atoms with Crippen LogP contribution in [-0.2, 0) is 24.2 Å². The van der Waals surface area contributed by atoms with Crippen LogP contribution >= 0.6 is 0 Å². The average Bonchev–Trinajstić information content (AvgIpc) is 3.05. The van der Waals surface area contributed by atoms with Crippen molar-refractivity contribution in [3.05, 3.63) is 0 Å². The van der Waals surface area contributed by atoms with Gasteiger partial charge in [0.25, 0.3) is 0 Å². The third-order valence-electron chi connectivity index (χ3n) is 3.55. The van der Waals surface area contributed by atoms with Gasteiger partial charge in [-0.25, -0.2) is 8.42 Å². The monoisotopic (exact) mass is 305 g/mol. The Labute approximate surface area is 120 Å². The van der Waals surface area contributed by atoms with Crippen molar-refractivity contribution in [2.45, 2.75) is 51.3 Å². The molecule has 0 aliphatic heterocycles. The molecular weight excluding hydrogens is 282 g/mol. The van der Waals surface area contributed by atoms with Crippen LogP contribution in [0.15, 0.2) is 0 Å². The molecule has 1 rings (SSSR count). The van der Waals surface area contributed by atoms with Crippen LogP contribution in [0, 0.1) is 5.41 Å². The highest BCUT2D eigenvalue weighted by Crippen LogP contribution is 2.50. The van der Waals surface area contributed by atoms with Crippen molar-refractivity contribution in [2.75, 3.05) is 12.9 Å². The summed E-state index contributed by atoms with van der Waals surface area (Å²) in [6.07, 6.45) is 1.46. The predicted molar refractivity (Wildman–Crippen MR) is 74.8 cm³/mol.